The summed E-state index contributed by atoms with van der Waals surface area (Å²) in [6, 6.07) is 0.615. The van der Waals surface area contributed by atoms with Gasteiger partial charge in [-0.15, -0.1) is 0 Å². The summed E-state index contributed by atoms with van der Waals surface area (Å²) in [5.74, 6) is 0. The zero-order chi connectivity index (χ0) is 11.9. The molecule has 2 atom stereocenters. The SMILES string of the molecule is CCNC1CCCCCC1OC1CCCCC1. The molecule has 2 aliphatic rings. The molecule has 17 heavy (non-hydrogen) atoms. The highest BCUT2D eigenvalue weighted by Gasteiger charge is 2.27. The molecule has 0 aromatic rings. The molecule has 2 unspecified atom stereocenters. The Bertz CT molecular complexity index is 201. The third kappa shape index (κ3) is 4.26. The van der Waals surface area contributed by atoms with Gasteiger partial charge in [0.05, 0.1) is 12.2 Å². The molecule has 0 saturated heterocycles. The monoisotopic (exact) mass is 239 g/mol. The van der Waals surface area contributed by atoms with E-state index in [-0.39, 0.29) is 0 Å². The summed E-state index contributed by atoms with van der Waals surface area (Å²) >= 11 is 0. The standard InChI is InChI=1S/C15H29NO/c1-2-16-14-11-7-4-8-12-15(14)17-13-9-5-3-6-10-13/h13-16H,2-12H2,1H3. The van der Waals surface area contributed by atoms with Crippen LogP contribution in [0.1, 0.15) is 71.1 Å². The van der Waals surface area contributed by atoms with Crippen LogP contribution in [0.25, 0.3) is 0 Å². The Kier molecular flexibility index (Phi) is 5.79. The van der Waals surface area contributed by atoms with Crippen molar-refractivity contribution in [1.29, 1.82) is 0 Å². The second-order valence-corrected chi connectivity index (χ2v) is 5.74. The van der Waals surface area contributed by atoms with E-state index in [1.54, 1.807) is 0 Å². The molecule has 0 aliphatic heterocycles. The average Bonchev–Trinajstić information content (AvgIpc) is 2.57. The molecule has 2 rings (SSSR count). The van der Waals surface area contributed by atoms with E-state index in [2.05, 4.69) is 12.2 Å². The molecule has 0 heterocycles. The van der Waals surface area contributed by atoms with Crippen LogP contribution in [0.15, 0.2) is 0 Å². The van der Waals surface area contributed by atoms with Crippen molar-refractivity contribution in [2.75, 3.05) is 6.54 Å². The van der Waals surface area contributed by atoms with Crippen molar-refractivity contribution in [1.82, 2.24) is 5.32 Å². The summed E-state index contributed by atoms with van der Waals surface area (Å²) in [7, 11) is 0. The Morgan fingerprint density at radius 2 is 1.53 bits per heavy atom. The first-order valence-corrected chi connectivity index (χ1v) is 7.79. The molecule has 100 valence electrons. The first-order valence-electron chi connectivity index (χ1n) is 7.79. The topological polar surface area (TPSA) is 21.3 Å². The number of nitrogens with one attached hydrogen (secondary N) is 1. The predicted octanol–water partition coefficient (Wildman–Crippen LogP) is 3.65. The molecule has 2 fully saturated rings. The van der Waals surface area contributed by atoms with Crippen LogP contribution >= 0.6 is 0 Å². The van der Waals surface area contributed by atoms with Crippen LogP contribution in [-0.2, 0) is 4.74 Å². The highest BCUT2D eigenvalue weighted by Crippen LogP contribution is 2.27. The van der Waals surface area contributed by atoms with Gasteiger partial charge in [0.2, 0.25) is 0 Å². The lowest BCUT2D eigenvalue weighted by Gasteiger charge is -2.32. The van der Waals surface area contributed by atoms with Gasteiger partial charge >= 0.3 is 0 Å². The summed E-state index contributed by atoms with van der Waals surface area (Å²) in [5, 5.41) is 3.64. The van der Waals surface area contributed by atoms with Crippen LogP contribution in [-0.4, -0.2) is 24.8 Å². The van der Waals surface area contributed by atoms with Crippen molar-refractivity contribution in [2.45, 2.75) is 89.4 Å². The molecule has 0 amide bonds. The average molecular weight is 239 g/mol. The molecule has 0 bridgehead atoms. The molecule has 2 heteroatoms. The van der Waals surface area contributed by atoms with Gasteiger partial charge in [0.25, 0.3) is 0 Å². The minimum Gasteiger partial charge on any atom is -0.373 e. The van der Waals surface area contributed by atoms with Crippen LogP contribution in [0.5, 0.6) is 0 Å². The fraction of sp³-hybridized carbons (Fsp3) is 1.00. The number of likely N-dealkylation sites (N-methyl/N-ethyl adjacent to an activating group) is 1. The van der Waals surface area contributed by atoms with E-state index in [1.807, 2.05) is 0 Å². The molecule has 0 aromatic carbocycles. The lowest BCUT2D eigenvalue weighted by atomic mass is 9.97. The minimum absolute atomic E-state index is 0.487. The molecular weight excluding hydrogens is 210 g/mol. The molecule has 0 radical (unpaired) electrons. The van der Waals surface area contributed by atoms with Crippen LogP contribution in [0.2, 0.25) is 0 Å². The normalized spacial score (nSPS) is 32.3. The van der Waals surface area contributed by atoms with Crippen LogP contribution < -0.4 is 5.32 Å². The first kappa shape index (κ1) is 13.4. The van der Waals surface area contributed by atoms with Crippen molar-refractivity contribution in [3.05, 3.63) is 0 Å². The van der Waals surface area contributed by atoms with E-state index in [0.29, 0.717) is 18.2 Å². The first-order chi connectivity index (χ1) is 8.40. The summed E-state index contributed by atoms with van der Waals surface area (Å²) in [4.78, 5) is 0. The van der Waals surface area contributed by atoms with Crippen LogP contribution in [0, 0.1) is 0 Å². The second-order valence-electron chi connectivity index (χ2n) is 5.74. The van der Waals surface area contributed by atoms with Gasteiger partial charge < -0.3 is 10.1 Å². The van der Waals surface area contributed by atoms with Gasteiger partial charge in [-0.3, -0.25) is 0 Å². The molecule has 0 aromatic heterocycles. The third-order valence-corrected chi connectivity index (χ3v) is 4.34. The fourth-order valence-electron chi connectivity index (χ4n) is 3.38. The Balaban J connectivity index is 1.84. The van der Waals surface area contributed by atoms with Crippen molar-refractivity contribution in [3.8, 4) is 0 Å². The van der Waals surface area contributed by atoms with E-state index in [0.717, 1.165) is 6.54 Å². The molecule has 2 saturated carbocycles. The van der Waals surface area contributed by atoms with Crippen molar-refractivity contribution in [2.24, 2.45) is 0 Å². The maximum Gasteiger partial charge on any atom is 0.0731 e. The highest BCUT2D eigenvalue weighted by atomic mass is 16.5. The Morgan fingerprint density at radius 1 is 0.882 bits per heavy atom. The number of rotatable bonds is 4. The maximum atomic E-state index is 6.41. The summed E-state index contributed by atoms with van der Waals surface area (Å²) in [6.45, 7) is 3.29. The van der Waals surface area contributed by atoms with E-state index in [1.165, 1.54) is 64.2 Å². The van der Waals surface area contributed by atoms with Gasteiger partial charge in [-0.1, -0.05) is 45.4 Å². The van der Waals surface area contributed by atoms with Crippen LogP contribution in [0.3, 0.4) is 0 Å². The smallest absolute Gasteiger partial charge is 0.0731 e. The number of hydrogen-bond acceptors (Lipinski definition) is 2. The van der Waals surface area contributed by atoms with Gasteiger partial charge in [-0.2, -0.15) is 0 Å². The zero-order valence-corrected chi connectivity index (χ0v) is 11.4. The molecule has 2 nitrogen and oxygen atoms in total. The third-order valence-electron chi connectivity index (χ3n) is 4.34. The summed E-state index contributed by atoms with van der Waals surface area (Å²) in [6.07, 6.45) is 14.5. The minimum atomic E-state index is 0.487. The number of ether oxygens (including phenoxy) is 1. The Morgan fingerprint density at radius 3 is 2.24 bits per heavy atom. The highest BCUT2D eigenvalue weighted by molar-refractivity contribution is 4.81. The lowest BCUT2D eigenvalue weighted by Crippen LogP contribution is -2.42. The van der Waals surface area contributed by atoms with E-state index >= 15 is 0 Å². The molecule has 1 N–H and O–H groups in total. The second kappa shape index (κ2) is 7.38. The Hall–Kier alpha value is -0.0800. The lowest BCUT2D eigenvalue weighted by molar-refractivity contribution is -0.0491. The van der Waals surface area contributed by atoms with Crippen molar-refractivity contribution in [3.63, 3.8) is 0 Å². The molecule has 2 aliphatic carbocycles. The van der Waals surface area contributed by atoms with Gasteiger partial charge in [-0.25, -0.2) is 0 Å². The fourth-order valence-corrected chi connectivity index (χ4v) is 3.38. The van der Waals surface area contributed by atoms with Crippen molar-refractivity contribution >= 4 is 0 Å². The predicted molar refractivity (Wildman–Crippen MR) is 72.3 cm³/mol. The summed E-state index contributed by atoms with van der Waals surface area (Å²) < 4.78 is 6.41. The van der Waals surface area contributed by atoms with E-state index < -0.39 is 0 Å². The maximum absolute atomic E-state index is 6.41. The zero-order valence-electron chi connectivity index (χ0n) is 11.4. The van der Waals surface area contributed by atoms with Crippen molar-refractivity contribution < 1.29 is 4.74 Å². The Labute approximate surface area is 107 Å². The molecule has 0 spiro atoms. The number of hydrogen-bond donors (Lipinski definition) is 1. The van der Waals surface area contributed by atoms with Crippen LogP contribution in [0.4, 0.5) is 0 Å². The van der Waals surface area contributed by atoms with Gasteiger partial charge in [0.1, 0.15) is 0 Å². The van der Waals surface area contributed by atoms with Gasteiger partial charge in [0.15, 0.2) is 0 Å². The largest absolute Gasteiger partial charge is 0.373 e. The molecular formula is C15H29NO. The summed E-state index contributed by atoms with van der Waals surface area (Å²) in [5.41, 5.74) is 0. The van der Waals surface area contributed by atoms with Gasteiger partial charge in [0, 0.05) is 6.04 Å². The van der Waals surface area contributed by atoms with Gasteiger partial charge in [-0.05, 0) is 32.2 Å². The van der Waals surface area contributed by atoms with E-state index in [9.17, 15) is 0 Å². The van der Waals surface area contributed by atoms with E-state index in [4.69, 9.17) is 4.74 Å². The quantitative estimate of drug-likeness (QED) is 0.756.